The zero-order valence-corrected chi connectivity index (χ0v) is 22.2. The second kappa shape index (κ2) is 12.7. The smallest absolute Gasteiger partial charge is 0.314 e. The van der Waals surface area contributed by atoms with Gasteiger partial charge in [0.15, 0.2) is 11.5 Å². The average Bonchev–Trinajstić information content (AvgIpc) is 2.84. The van der Waals surface area contributed by atoms with E-state index in [-0.39, 0.29) is 59.3 Å². The lowest BCUT2D eigenvalue weighted by Crippen LogP contribution is -2.47. The summed E-state index contributed by atoms with van der Waals surface area (Å²) in [5.74, 6) is -1.03. The van der Waals surface area contributed by atoms with E-state index >= 15 is 0 Å². The van der Waals surface area contributed by atoms with Crippen molar-refractivity contribution in [1.29, 1.82) is 5.26 Å². The third-order valence-electron chi connectivity index (χ3n) is 6.27. The first-order valence-corrected chi connectivity index (χ1v) is 12.6. The van der Waals surface area contributed by atoms with Crippen LogP contribution in [0.4, 0.5) is 11.4 Å². The Morgan fingerprint density at radius 2 is 1.49 bits per heavy atom. The van der Waals surface area contributed by atoms with E-state index in [1.807, 2.05) is 0 Å². The van der Waals surface area contributed by atoms with Crippen LogP contribution in [0.3, 0.4) is 0 Å². The number of nitro groups is 2. The molecule has 2 aromatic carbocycles. The fourth-order valence-electron chi connectivity index (χ4n) is 4.87. The Kier molecular flexibility index (Phi) is 10.3. The number of hydrogen-bond donors (Lipinski definition) is 2. The van der Waals surface area contributed by atoms with E-state index in [9.17, 15) is 35.3 Å². The van der Waals surface area contributed by atoms with Crippen molar-refractivity contribution in [2.75, 3.05) is 14.2 Å². The molecule has 0 saturated heterocycles. The van der Waals surface area contributed by atoms with E-state index in [0.29, 0.717) is 0 Å². The Balaban J connectivity index is 2.96. The molecule has 13 heteroatoms. The van der Waals surface area contributed by atoms with Gasteiger partial charge in [-0.3, -0.25) is 20.2 Å². The first-order valence-electron chi connectivity index (χ1n) is 11.4. The van der Waals surface area contributed by atoms with Gasteiger partial charge in [-0.05, 0) is 45.7 Å². The summed E-state index contributed by atoms with van der Waals surface area (Å²) in [4.78, 5) is 43.9. The van der Waals surface area contributed by atoms with Gasteiger partial charge < -0.3 is 19.3 Å². The van der Waals surface area contributed by atoms with Crippen molar-refractivity contribution >= 4 is 19.9 Å². The number of hydrogen-bond acceptors (Lipinski definition) is 10. The Labute approximate surface area is 216 Å². The maximum atomic E-state index is 12.2. The van der Waals surface area contributed by atoms with Crippen LogP contribution in [0.15, 0.2) is 36.4 Å². The first-order chi connectivity index (χ1) is 17.4. The molecule has 0 fully saturated rings. The lowest BCUT2D eigenvalue weighted by molar-refractivity contribution is -0.387. The van der Waals surface area contributed by atoms with Crippen molar-refractivity contribution in [2.45, 2.75) is 57.5 Å². The van der Waals surface area contributed by atoms with Crippen molar-refractivity contribution < 1.29 is 29.1 Å². The van der Waals surface area contributed by atoms with Gasteiger partial charge in [0.05, 0.1) is 30.1 Å². The molecule has 1 unspecified atom stereocenters. The minimum absolute atomic E-state index is 0.0190. The predicted molar refractivity (Wildman–Crippen MR) is 137 cm³/mol. The largest absolute Gasteiger partial charge is 0.490 e. The van der Waals surface area contributed by atoms with Crippen LogP contribution in [-0.2, 0) is 0 Å². The van der Waals surface area contributed by atoms with Gasteiger partial charge in [0.1, 0.15) is 0 Å². The quantitative estimate of drug-likeness (QED) is 0.202. The number of nitriles is 1. The summed E-state index contributed by atoms with van der Waals surface area (Å²) >= 11 is 0. The average molecular weight is 535 g/mol. The molecule has 0 bridgehead atoms. The highest BCUT2D eigenvalue weighted by Crippen LogP contribution is 2.51. The second-order valence-corrected chi connectivity index (χ2v) is 9.90. The van der Waals surface area contributed by atoms with Gasteiger partial charge in [0, 0.05) is 35.0 Å². The van der Waals surface area contributed by atoms with Gasteiger partial charge in [-0.2, -0.15) is 5.26 Å². The summed E-state index contributed by atoms with van der Waals surface area (Å²) in [5.41, 5.74) is -1.53. The minimum Gasteiger partial charge on any atom is -0.490 e. The fourth-order valence-corrected chi connectivity index (χ4v) is 5.90. The Morgan fingerprint density at radius 3 is 1.81 bits per heavy atom. The summed E-state index contributed by atoms with van der Waals surface area (Å²) in [6, 6.07) is 10.6. The number of methoxy groups -OCH3 is 2. The van der Waals surface area contributed by atoms with E-state index in [4.69, 9.17) is 9.47 Å². The summed E-state index contributed by atoms with van der Waals surface area (Å²) in [5, 5.41) is 33.7. The molecule has 12 nitrogen and oxygen atoms in total. The monoisotopic (exact) mass is 534 g/mol. The summed E-state index contributed by atoms with van der Waals surface area (Å²) in [7, 11) is -0.0502. The highest BCUT2D eigenvalue weighted by molar-refractivity contribution is 7.42. The van der Waals surface area contributed by atoms with Crippen LogP contribution in [0.1, 0.15) is 57.1 Å². The topological polar surface area (TPSA) is 172 Å². The van der Waals surface area contributed by atoms with Gasteiger partial charge in [-0.1, -0.05) is 24.3 Å². The maximum absolute atomic E-state index is 12.2. The van der Waals surface area contributed by atoms with E-state index in [1.165, 1.54) is 43.2 Å². The van der Waals surface area contributed by atoms with E-state index in [2.05, 4.69) is 6.07 Å². The standard InChI is InChI=1S/C24H31N4O8P/c1-16(2)26(37(33)34)24(3,13-8-14-25)15-19(17-9-6-11-20(35-4)22(17)27(29)30)18-10-7-12-21(36-5)23(18)28(31)32/h6-7,9-12,16,19,33-34H,8,13,15H2,1-5H3. The zero-order chi connectivity index (χ0) is 27.9. The number of rotatable bonds is 13. The number of ether oxygens (including phenoxy) is 2. The Hall–Kier alpha value is -3.36. The van der Waals surface area contributed by atoms with Crippen LogP contribution >= 0.6 is 8.53 Å². The Bertz CT molecular complexity index is 1100. The van der Waals surface area contributed by atoms with Crippen LogP contribution in [0, 0.1) is 31.6 Å². The van der Waals surface area contributed by atoms with Gasteiger partial charge in [0.2, 0.25) is 0 Å². The van der Waals surface area contributed by atoms with Crippen LogP contribution in [0.2, 0.25) is 0 Å². The van der Waals surface area contributed by atoms with E-state index in [0.717, 1.165) is 0 Å². The normalized spacial score (nSPS) is 13.0. The predicted octanol–water partition coefficient (Wildman–Crippen LogP) is 5.03. The molecule has 0 amide bonds. The molecule has 0 aliphatic carbocycles. The maximum Gasteiger partial charge on any atom is 0.314 e. The number of para-hydroxylation sites is 2. The van der Waals surface area contributed by atoms with Crippen LogP contribution in [0.5, 0.6) is 11.5 Å². The van der Waals surface area contributed by atoms with E-state index in [1.54, 1.807) is 32.9 Å². The van der Waals surface area contributed by atoms with Gasteiger partial charge >= 0.3 is 11.4 Å². The third kappa shape index (κ3) is 6.50. The molecule has 1 atom stereocenters. The molecule has 0 saturated carbocycles. The molecule has 0 aliphatic rings. The molecule has 2 aromatic rings. The van der Waals surface area contributed by atoms with Crippen molar-refractivity contribution in [2.24, 2.45) is 0 Å². The number of nitrogens with zero attached hydrogens (tertiary/aromatic N) is 4. The molecular weight excluding hydrogens is 503 g/mol. The summed E-state index contributed by atoms with van der Waals surface area (Å²) in [6.45, 7) is 5.23. The lowest BCUT2D eigenvalue weighted by Gasteiger charge is -2.45. The molecule has 0 aliphatic heterocycles. The SMILES string of the molecule is COc1cccc(C(CC(C)(CCC#N)N(C(C)C)P(O)O)c2cccc(OC)c2[N+](=O)[O-])c1[N+](=O)[O-]. The molecule has 0 spiro atoms. The highest BCUT2D eigenvalue weighted by atomic mass is 31.2. The highest BCUT2D eigenvalue weighted by Gasteiger charge is 2.43. The van der Waals surface area contributed by atoms with Crippen molar-refractivity contribution in [1.82, 2.24) is 4.67 Å². The van der Waals surface area contributed by atoms with Crippen molar-refractivity contribution in [3.63, 3.8) is 0 Å². The molecule has 2 rings (SSSR count). The van der Waals surface area contributed by atoms with Gasteiger partial charge in [-0.25, -0.2) is 4.67 Å². The minimum atomic E-state index is -2.63. The summed E-state index contributed by atoms with van der Waals surface area (Å²) in [6.07, 6.45) is 0.207. The third-order valence-corrected chi connectivity index (χ3v) is 7.60. The molecule has 0 radical (unpaired) electrons. The fraction of sp³-hybridized carbons (Fsp3) is 0.458. The molecule has 37 heavy (non-hydrogen) atoms. The van der Waals surface area contributed by atoms with Gasteiger partial charge in [-0.15, -0.1) is 0 Å². The molecule has 200 valence electrons. The van der Waals surface area contributed by atoms with E-state index < -0.39 is 29.8 Å². The van der Waals surface area contributed by atoms with Gasteiger partial charge in [0.25, 0.3) is 8.53 Å². The van der Waals surface area contributed by atoms with Crippen LogP contribution in [0.25, 0.3) is 0 Å². The lowest BCUT2D eigenvalue weighted by atomic mass is 9.77. The van der Waals surface area contributed by atoms with Crippen LogP contribution < -0.4 is 9.47 Å². The molecule has 0 aromatic heterocycles. The first kappa shape index (κ1) is 29.9. The molecule has 0 heterocycles. The van der Waals surface area contributed by atoms with Crippen molar-refractivity contribution in [3.05, 3.63) is 67.8 Å². The molecule has 2 N–H and O–H groups in total. The number of nitro benzene ring substituents is 2. The van der Waals surface area contributed by atoms with Crippen molar-refractivity contribution in [3.8, 4) is 17.6 Å². The zero-order valence-electron chi connectivity index (χ0n) is 21.3. The summed E-state index contributed by atoms with van der Waals surface area (Å²) < 4.78 is 11.9. The van der Waals surface area contributed by atoms with Crippen LogP contribution in [-0.4, -0.2) is 50.1 Å². The number of benzene rings is 2. The molecular formula is C24H31N4O8P. The Morgan fingerprint density at radius 1 is 1.03 bits per heavy atom. The second-order valence-electron chi connectivity index (χ2n) is 8.93.